The lowest BCUT2D eigenvalue weighted by Gasteiger charge is -2.08. The molecule has 0 spiro atoms. The molecule has 0 aliphatic heterocycles. The van der Waals surface area contributed by atoms with Crippen molar-refractivity contribution in [2.75, 3.05) is 19.6 Å². The molecule has 0 bridgehead atoms. The van der Waals surface area contributed by atoms with Crippen LogP contribution in [0.1, 0.15) is 33.1 Å². The lowest BCUT2D eigenvalue weighted by Crippen LogP contribution is -2.26. The van der Waals surface area contributed by atoms with Crippen molar-refractivity contribution in [2.24, 2.45) is 0 Å². The molecule has 3 heteroatoms. The summed E-state index contributed by atoms with van der Waals surface area (Å²) >= 11 is 0. The average molecular weight is 248 g/mol. The Morgan fingerprint density at radius 1 is 1.39 bits per heavy atom. The van der Waals surface area contributed by atoms with Crippen molar-refractivity contribution >= 4 is 5.91 Å². The molecular weight excluding hydrogens is 224 g/mol. The minimum absolute atomic E-state index is 0.0457. The maximum Gasteiger partial charge on any atom is 0.216 e. The van der Waals surface area contributed by atoms with Crippen LogP contribution in [-0.4, -0.2) is 25.5 Å². The second-order valence-corrected chi connectivity index (χ2v) is 4.54. The third-order valence-corrected chi connectivity index (χ3v) is 2.88. The smallest absolute Gasteiger partial charge is 0.216 e. The zero-order valence-corrected chi connectivity index (χ0v) is 11.5. The fraction of sp³-hybridized carbons (Fsp3) is 0.533. The van der Waals surface area contributed by atoms with Gasteiger partial charge in [0.2, 0.25) is 5.91 Å². The van der Waals surface area contributed by atoms with Crippen molar-refractivity contribution in [3.05, 3.63) is 35.5 Å². The normalized spacial score (nSPS) is 14.8. The maximum absolute atomic E-state index is 10.7. The van der Waals surface area contributed by atoms with Crippen LogP contribution >= 0.6 is 0 Å². The van der Waals surface area contributed by atoms with Crippen molar-refractivity contribution in [2.45, 2.75) is 33.1 Å². The van der Waals surface area contributed by atoms with Crippen LogP contribution in [0.5, 0.6) is 0 Å². The van der Waals surface area contributed by atoms with Crippen LogP contribution < -0.4 is 10.6 Å². The van der Waals surface area contributed by atoms with Gasteiger partial charge in [0, 0.05) is 20.0 Å². The Bertz CT molecular complexity index is 354. The highest BCUT2D eigenvalue weighted by atomic mass is 16.1. The Labute approximate surface area is 110 Å². The molecule has 0 radical (unpaired) electrons. The molecule has 100 valence electrons. The van der Waals surface area contributed by atoms with Gasteiger partial charge in [-0.25, -0.2) is 0 Å². The zero-order valence-electron chi connectivity index (χ0n) is 11.5. The summed E-state index contributed by atoms with van der Waals surface area (Å²) in [7, 11) is 0. The Hall–Kier alpha value is -1.35. The third kappa shape index (κ3) is 6.40. The molecule has 1 amide bonds. The van der Waals surface area contributed by atoms with Crippen LogP contribution in [0.4, 0.5) is 0 Å². The summed E-state index contributed by atoms with van der Waals surface area (Å²) in [6.45, 7) is 6.35. The summed E-state index contributed by atoms with van der Waals surface area (Å²) in [5.74, 6) is 0.0457. The van der Waals surface area contributed by atoms with E-state index in [9.17, 15) is 4.79 Å². The van der Waals surface area contributed by atoms with E-state index in [1.165, 1.54) is 11.1 Å². The number of carbonyl (C=O) groups is 1. The quantitative estimate of drug-likeness (QED) is 0.679. The molecule has 1 aliphatic rings. The number of allylic oxidation sites excluding steroid dienone is 5. The van der Waals surface area contributed by atoms with Crippen LogP contribution in [0, 0.1) is 0 Å². The SMILES string of the molecule is CCC1=CC=CCC(CNCCCNC(C)=O)=C1. The van der Waals surface area contributed by atoms with Crippen LogP contribution in [-0.2, 0) is 4.79 Å². The monoisotopic (exact) mass is 248 g/mol. The summed E-state index contributed by atoms with van der Waals surface area (Å²) in [6, 6.07) is 0. The minimum Gasteiger partial charge on any atom is -0.356 e. The molecule has 18 heavy (non-hydrogen) atoms. The molecule has 0 aromatic heterocycles. The van der Waals surface area contributed by atoms with Crippen molar-refractivity contribution in [1.29, 1.82) is 0 Å². The van der Waals surface area contributed by atoms with E-state index in [4.69, 9.17) is 0 Å². The van der Waals surface area contributed by atoms with E-state index in [-0.39, 0.29) is 5.91 Å². The first kappa shape index (κ1) is 14.7. The molecule has 1 aliphatic carbocycles. The van der Waals surface area contributed by atoms with Crippen molar-refractivity contribution < 1.29 is 4.79 Å². The number of hydrogen-bond acceptors (Lipinski definition) is 2. The summed E-state index contributed by atoms with van der Waals surface area (Å²) in [5, 5.41) is 6.22. The van der Waals surface area contributed by atoms with Crippen molar-refractivity contribution in [3.8, 4) is 0 Å². The van der Waals surface area contributed by atoms with E-state index in [0.717, 1.165) is 38.9 Å². The lowest BCUT2D eigenvalue weighted by molar-refractivity contribution is -0.118. The molecule has 1 rings (SSSR count). The molecule has 2 N–H and O–H groups in total. The van der Waals surface area contributed by atoms with Crippen LogP contribution in [0.3, 0.4) is 0 Å². The molecule has 0 aromatic rings. The van der Waals surface area contributed by atoms with Gasteiger partial charge in [-0.05, 0) is 31.4 Å². The molecule has 0 fully saturated rings. The van der Waals surface area contributed by atoms with Gasteiger partial charge in [0.15, 0.2) is 0 Å². The van der Waals surface area contributed by atoms with Gasteiger partial charge in [0.05, 0.1) is 0 Å². The molecule has 3 nitrogen and oxygen atoms in total. The van der Waals surface area contributed by atoms with Crippen molar-refractivity contribution in [1.82, 2.24) is 10.6 Å². The minimum atomic E-state index is 0.0457. The van der Waals surface area contributed by atoms with Gasteiger partial charge in [-0.15, -0.1) is 0 Å². The first-order valence-electron chi connectivity index (χ1n) is 6.72. The second-order valence-electron chi connectivity index (χ2n) is 4.54. The van der Waals surface area contributed by atoms with E-state index in [1.54, 1.807) is 6.92 Å². The van der Waals surface area contributed by atoms with Crippen LogP contribution in [0.15, 0.2) is 35.5 Å². The zero-order chi connectivity index (χ0) is 13.2. The van der Waals surface area contributed by atoms with E-state index < -0.39 is 0 Å². The Morgan fingerprint density at radius 2 is 2.22 bits per heavy atom. The first-order chi connectivity index (χ1) is 8.72. The fourth-order valence-electron chi connectivity index (χ4n) is 1.85. The van der Waals surface area contributed by atoms with Gasteiger partial charge in [-0.3, -0.25) is 4.79 Å². The fourth-order valence-corrected chi connectivity index (χ4v) is 1.85. The summed E-state index contributed by atoms with van der Waals surface area (Å²) < 4.78 is 0. The average Bonchev–Trinajstić information content (AvgIpc) is 2.58. The highest BCUT2D eigenvalue weighted by Gasteiger charge is 2.00. The van der Waals surface area contributed by atoms with Gasteiger partial charge in [0.25, 0.3) is 0 Å². The summed E-state index contributed by atoms with van der Waals surface area (Å²) in [5.41, 5.74) is 2.81. The number of amides is 1. The maximum atomic E-state index is 10.7. The first-order valence-corrected chi connectivity index (χ1v) is 6.72. The Morgan fingerprint density at radius 3 is 2.94 bits per heavy atom. The van der Waals surface area contributed by atoms with E-state index in [1.807, 2.05) is 0 Å². The molecule has 0 saturated heterocycles. The standard InChI is InChI=1S/C15H24N2O/c1-3-14-7-4-5-8-15(11-14)12-16-9-6-10-17-13(2)18/h4-5,7,11,16H,3,6,8-10,12H2,1-2H3,(H,17,18). The second kappa shape index (κ2) is 8.70. The largest absolute Gasteiger partial charge is 0.356 e. The van der Waals surface area contributed by atoms with Gasteiger partial charge in [-0.2, -0.15) is 0 Å². The lowest BCUT2D eigenvalue weighted by atomic mass is 10.1. The summed E-state index contributed by atoms with van der Waals surface area (Å²) in [6.07, 6.45) is 11.9. The van der Waals surface area contributed by atoms with Crippen molar-refractivity contribution in [3.63, 3.8) is 0 Å². The number of carbonyl (C=O) groups excluding carboxylic acids is 1. The van der Waals surface area contributed by atoms with Gasteiger partial charge in [-0.1, -0.05) is 36.8 Å². The predicted octanol–water partition coefficient (Wildman–Crippen LogP) is 2.32. The predicted molar refractivity (Wildman–Crippen MR) is 76.4 cm³/mol. The molecule has 0 saturated carbocycles. The third-order valence-electron chi connectivity index (χ3n) is 2.88. The molecule has 0 aromatic carbocycles. The number of nitrogens with one attached hydrogen (secondary N) is 2. The molecular formula is C15H24N2O. The highest BCUT2D eigenvalue weighted by molar-refractivity contribution is 5.72. The van der Waals surface area contributed by atoms with E-state index >= 15 is 0 Å². The molecule has 0 unspecified atom stereocenters. The van der Waals surface area contributed by atoms with E-state index in [2.05, 4.69) is 41.9 Å². The Kier molecular flexibility index (Phi) is 7.11. The van der Waals surface area contributed by atoms with Crippen LogP contribution in [0.2, 0.25) is 0 Å². The highest BCUT2D eigenvalue weighted by Crippen LogP contribution is 2.13. The summed E-state index contributed by atoms with van der Waals surface area (Å²) in [4.78, 5) is 10.7. The van der Waals surface area contributed by atoms with Gasteiger partial charge in [0.1, 0.15) is 0 Å². The Balaban J connectivity index is 2.19. The van der Waals surface area contributed by atoms with E-state index in [0.29, 0.717) is 0 Å². The van der Waals surface area contributed by atoms with Gasteiger partial charge < -0.3 is 10.6 Å². The van der Waals surface area contributed by atoms with Crippen LogP contribution in [0.25, 0.3) is 0 Å². The number of hydrogen-bond donors (Lipinski definition) is 2. The topological polar surface area (TPSA) is 41.1 Å². The molecule has 0 atom stereocenters. The van der Waals surface area contributed by atoms with Gasteiger partial charge >= 0.3 is 0 Å². The number of rotatable bonds is 7. The molecule has 0 heterocycles.